The van der Waals surface area contributed by atoms with Crippen molar-refractivity contribution >= 4 is 28.4 Å². The van der Waals surface area contributed by atoms with Gasteiger partial charge in [0.1, 0.15) is 29.9 Å². The third kappa shape index (κ3) is 10.4. The molecule has 47 heavy (non-hydrogen) atoms. The van der Waals surface area contributed by atoms with Gasteiger partial charge in [0.15, 0.2) is 16.6 Å². The molecule has 0 unspecified atom stereocenters. The predicted octanol–water partition coefficient (Wildman–Crippen LogP) is 10.4. The molecule has 1 saturated heterocycles. The van der Waals surface area contributed by atoms with Crippen molar-refractivity contribution in [2.75, 3.05) is 6.61 Å². The predicted molar refractivity (Wildman–Crippen MR) is 201 cm³/mol. The van der Waals surface area contributed by atoms with Gasteiger partial charge < -0.3 is 23.1 Å². The summed E-state index contributed by atoms with van der Waals surface area (Å²) in [7, 11) is -4.37. The van der Waals surface area contributed by atoms with Crippen LogP contribution in [0.1, 0.15) is 58.2 Å². The summed E-state index contributed by atoms with van der Waals surface area (Å²) in [6.45, 7) is 26.3. The number of thioether (sulfide) groups is 1. The molecule has 0 amide bonds. The summed E-state index contributed by atoms with van der Waals surface area (Å²) in [6.07, 6.45) is -1.50. The minimum Gasteiger partial charge on any atom is -0.414 e. The molecule has 5 nitrogen and oxygen atoms in total. The zero-order valence-electron chi connectivity index (χ0n) is 30.5. The van der Waals surface area contributed by atoms with Gasteiger partial charge in [0.25, 0.3) is 0 Å². The Bertz CT molecular complexity index is 1370. The van der Waals surface area contributed by atoms with Crippen LogP contribution >= 0.6 is 11.8 Å². The van der Waals surface area contributed by atoms with Crippen LogP contribution in [0.3, 0.4) is 0 Å². The molecule has 3 aromatic carbocycles. The van der Waals surface area contributed by atoms with Gasteiger partial charge in [-0.15, -0.1) is 0 Å². The van der Waals surface area contributed by atoms with E-state index in [1.807, 2.05) is 12.1 Å². The summed E-state index contributed by atoms with van der Waals surface area (Å²) in [5.74, 6) is 0. The number of rotatable bonds is 13. The monoisotopic (exact) mass is 694 g/mol. The van der Waals surface area contributed by atoms with Crippen LogP contribution in [-0.4, -0.2) is 53.1 Å². The minimum atomic E-state index is -2.28. The van der Waals surface area contributed by atoms with Crippen LogP contribution in [0, 0.1) is 6.92 Å². The molecule has 3 aromatic rings. The van der Waals surface area contributed by atoms with Crippen molar-refractivity contribution in [2.24, 2.45) is 0 Å². The summed E-state index contributed by atoms with van der Waals surface area (Å²) in [4.78, 5) is 1.13. The molecule has 0 aromatic heterocycles. The quantitative estimate of drug-likeness (QED) is 0.166. The standard InChI is InChI=1S/C39H58O5SSi2/c1-29-22-24-32(25-23-29)45-37-36(41-27-31-20-16-13-17-21-31)35(40-26-30-18-14-12-15-19-30)34(44-47(10,11)39(5,6)7)33(43-37)28-42-46(8,9)38(2,3)4/h12-25,33-37H,26-28H2,1-11H3/t33-,34+,35+,36-,37+/m1/s1. The second kappa shape index (κ2) is 15.9. The molecule has 5 atom stereocenters. The molecule has 0 radical (unpaired) electrons. The normalized spacial score (nSPS) is 22.7. The van der Waals surface area contributed by atoms with E-state index in [0.717, 1.165) is 16.0 Å². The Morgan fingerprint density at radius 1 is 0.638 bits per heavy atom. The molecule has 1 aliphatic rings. The van der Waals surface area contributed by atoms with Crippen LogP contribution in [0.2, 0.25) is 36.3 Å². The highest BCUT2D eigenvalue weighted by Crippen LogP contribution is 2.44. The average Bonchev–Trinajstić information content (AvgIpc) is 3.00. The van der Waals surface area contributed by atoms with Crippen molar-refractivity contribution in [2.45, 2.75) is 133 Å². The molecule has 1 aliphatic heterocycles. The van der Waals surface area contributed by atoms with Crippen LogP contribution in [0.25, 0.3) is 0 Å². The number of benzene rings is 3. The van der Waals surface area contributed by atoms with Gasteiger partial charge in [-0.3, -0.25) is 0 Å². The van der Waals surface area contributed by atoms with Crippen molar-refractivity contribution in [1.82, 2.24) is 0 Å². The summed E-state index contributed by atoms with van der Waals surface area (Å²) in [5.41, 5.74) is 3.11. The Kier molecular flexibility index (Phi) is 12.8. The second-order valence-corrected chi connectivity index (χ2v) is 26.6. The lowest BCUT2D eigenvalue weighted by Gasteiger charge is -2.50. The zero-order valence-corrected chi connectivity index (χ0v) is 33.4. The first-order chi connectivity index (χ1) is 22.0. The van der Waals surface area contributed by atoms with Gasteiger partial charge in [0.05, 0.1) is 19.8 Å². The van der Waals surface area contributed by atoms with E-state index in [4.69, 9.17) is 23.1 Å². The summed E-state index contributed by atoms with van der Waals surface area (Å²) in [6, 6.07) is 29.3. The molecule has 4 rings (SSSR count). The average molecular weight is 695 g/mol. The van der Waals surface area contributed by atoms with E-state index in [-0.39, 0.29) is 27.7 Å². The molecule has 1 heterocycles. The summed E-state index contributed by atoms with van der Waals surface area (Å²) >= 11 is 1.69. The molecule has 0 N–H and O–H groups in total. The van der Waals surface area contributed by atoms with E-state index in [0.29, 0.717) is 19.8 Å². The fourth-order valence-electron chi connectivity index (χ4n) is 4.92. The Hall–Kier alpha value is -1.76. The Labute approximate surface area is 291 Å². The van der Waals surface area contributed by atoms with Crippen LogP contribution < -0.4 is 0 Å². The maximum absolute atomic E-state index is 7.34. The first-order valence-corrected chi connectivity index (χ1v) is 23.7. The Morgan fingerprint density at radius 3 is 1.62 bits per heavy atom. The van der Waals surface area contributed by atoms with E-state index >= 15 is 0 Å². The second-order valence-electron chi connectivity index (χ2n) is 15.9. The molecule has 8 heteroatoms. The lowest BCUT2D eigenvalue weighted by molar-refractivity contribution is -0.232. The molecular formula is C39H58O5SSi2. The van der Waals surface area contributed by atoms with Gasteiger partial charge in [-0.05, 0) is 66.4 Å². The smallest absolute Gasteiger partial charge is 0.192 e. The highest BCUT2D eigenvalue weighted by atomic mass is 32.2. The van der Waals surface area contributed by atoms with E-state index in [1.165, 1.54) is 5.56 Å². The molecular weight excluding hydrogens is 637 g/mol. The summed E-state index contributed by atoms with van der Waals surface area (Å²) in [5, 5.41) is 0.0632. The maximum atomic E-state index is 7.34. The lowest BCUT2D eigenvalue weighted by Crippen LogP contribution is -2.64. The van der Waals surface area contributed by atoms with Gasteiger partial charge in [-0.25, -0.2) is 0 Å². The van der Waals surface area contributed by atoms with Crippen molar-refractivity contribution in [3.8, 4) is 0 Å². The fourth-order valence-corrected chi connectivity index (χ4v) is 8.38. The molecule has 0 saturated carbocycles. The van der Waals surface area contributed by atoms with Crippen LogP contribution in [0.5, 0.6) is 0 Å². The molecule has 0 aliphatic carbocycles. The van der Waals surface area contributed by atoms with Crippen molar-refractivity contribution in [1.29, 1.82) is 0 Å². The van der Waals surface area contributed by atoms with Crippen LogP contribution in [-0.2, 0) is 36.3 Å². The Balaban J connectivity index is 1.78. The van der Waals surface area contributed by atoms with Crippen LogP contribution in [0.15, 0.2) is 89.8 Å². The minimum absolute atomic E-state index is 0.00426. The van der Waals surface area contributed by atoms with Gasteiger partial charge in [0.2, 0.25) is 0 Å². The summed E-state index contributed by atoms with van der Waals surface area (Å²) < 4.78 is 35.3. The van der Waals surface area contributed by atoms with Gasteiger partial charge in [-0.1, -0.05) is 132 Å². The SMILES string of the molecule is Cc1ccc(S[C@@H]2O[C@H](CO[Si](C)(C)C(C)(C)C)[C@H](O[Si](C)(C)C(C)(C)C)[C@H](OCc3ccccc3)[C@H]2OCc2ccccc2)cc1. The van der Waals surface area contributed by atoms with Gasteiger partial charge >= 0.3 is 0 Å². The van der Waals surface area contributed by atoms with Crippen molar-refractivity contribution in [3.05, 3.63) is 102 Å². The molecule has 258 valence electrons. The molecule has 0 spiro atoms. The molecule has 0 bridgehead atoms. The van der Waals surface area contributed by atoms with Crippen molar-refractivity contribution in [3.63, 3.8) is 0 Å². The van der Waals surface area contributed by atoms with E-state index in [9.17, 15) is 0 Å². The fraction of sp³-hybridized carbons (Fsp3) is 0.538. The zero-order chi connectivity index (χ0) is 34.5. The van der Waals surface area contributed by atoms with Gasteiger partial charge in [0, 0.05) is 4.90 Å². The number of ether oxygens (including phenoxy) is 3. The van der Waals surface area contributed by atoms with Crippen LogP contribution in [0.4, 0.5) is 0 Å². The first-order valence-electron chi connectivity index (χ1n) is 17.0. The number of hydrogen-bond acceptors (Lipinski definition) is 6. The topological polar surface area (TPSA) is 46.2 Å². The van der Waals surface area contributed by atoms with E-state index < -0.39 is 28.8 Å². The third-order valence-corrected chi connectivity index (χ3v) is 20.2. The highest BCUT2D eigenvalue weighted by molar-refractivity contribution is 7.99. The third-order valence-electron chi connectivity index (χ3n) is 10.1. The van der Waals surface area contributed by atoms with Crippen molar-refractivity contribution < 1.29 is 23.1 Å². The number of aryl methyl sites for hydroxylation is 1. The Morgan fingerprint density at radius 2 is 1.13 bits per heavy atom. The maximum Gasteiger partial charge on any atom is 0.192 e. The number of hydrogen-bond donors (Lipinski definition) is 0. The van der Waals surface area contributed by atoms with E-state index in [1.54, 1.807) is 11.8 Å². The first kappa shape index (κ1) is 38.1. The van der Waals surface area contributed by atoms with E-state index in [2.05, 4.69) is 147 Å². The lowest BCUT2D eigenvalue weighted by atomic mass is 9.99. The molecule has 1 fully saturated rings. The van der Waals surface area contributed by atoms with Gasteiger partial charge in [-0.2, -0.15) is 0 Å². The largest absolute Gasteiger partial charge is 0.414 e. The highest BCUT2D eigenvalue weighted by Gasteiger charge is 2.53.